The first-order chi connectivity index (χ1) is 4.75. The van der Waals surface area contributed by atoms with Crippen LogP contribution >= 0.6 is 0 Å². The number of halogens is 5. The summed E-state index contributed by atoms with van der Waals surface area (Å²) in [7, 11) is 0. The molecule has 0 heterocycles. The molecule has 64 valence electrons. The topological polar surface area (TPSA) is 17.1 Å². The summed E-state index contributed by atoms with van der Waals surface area (Å²) in [6, 6.07) is 0. The van der Waals surface area contributed by atoms with Crippen LogP contribution in [-0.4, -0.2) is 17.9 Å². The summed E-state index contributed by atoms with van der Waals surface area (Å²) in [5, 5.41) is 0. The number of rotatable bonds is 0. The van der Waals surface area contributed by atoms with Gasteiger partial charge in [0.15, 0.2) is 0 Å². The zero-order valence-electron chi connectivity index (χ0n) is 5.08. The third-order valence-electron chi connectivity index (χ3n) is 1.53. The minimum atomic E-state index is -4.81. The molecule has 11 heavy (non-hydrogen) atoms. The van der Waals surface area contributed by atoms with Gasteiger partial charge in [0, 0.05) is 6.42 Å². The number of Topliss-reactive ketones (excluding diaryl/α,β-unsaturated/α-hetero) is 1. The lowest BCUT2D eigenvalue weighted by Gasteiger charge is -2.33. The molecule has 0 amide bonds. The molecule has 6 heteroatoms. The quantitative estimate of drug-likeness (QED) is 0.511. The number of carbonyl (C=O) groups excluding carboxylic acids is 1. The highest BCUT2D eigenvalue weighted by atomic mass is 19.4. The average molecular weight is 174 g/mol. The standard InChI is InChI=1S/C5H3F5O/c6-4(7)1-2(3(4)11)5(8,9)10/h2H,1H2. The van der Waals surface area contributed by atoms with E-state index >= 15 is 0 Å². The van der Waals surface area contributed by atoms with Gasteiger partial charge in [0.25, 0.3) is 0 Å². The highest BCUT2D eigenvalue weighted by molar-refractivity contribution is 5.94. The van der Waals surface area contributed by atoms with E-state index in [1.54, 1.807) is 0 Å². The lowest BCUT2D eigenvalue weighted by Crippen LogP contribution is -2.54. The van der Waals surface area contributed by atoms with E-state index in [4.69, 9.17) is 0 Å². The molecule has 1 nitrogen and oxygen atoms in total. The van der Waals surface area contributed by atoms with Crippen LogP contribution < -0.4 is 0 Å². The van der Waals surface area contributed by atoms with Gasteiger partial charge in [-0.25, -0.2) is 0 Å². The molecular weight excluding hydrogens is 171 g/mol. The van der Waals surface area contributed by atoms with Crippen LogP contribution in [0.5, 0.6) is 0 Å². The van der Waals surface area contributed by atoms with Gasteiger partial charge in [-0.2, -0.15) is 22.0 Å². The van der Waals surface area contributed by atoms with Gasteiger partial charge in [0.1, 0.15) is 5.92 Å². The molecule has 0 aromatic heterocycles. The third kappa shape index (κ3) is 1.21. The molecule has 1 atom stereocenters. The van der Waals surface area contributed by atoms with Gasteiger partial charge in [-0.05, 0) is 0 Å². The van der Waals surface area contributed by atoms with Crippen molar-refractivity contribution in [2.45, 2.75) is 18.5 Å². The van der Waals surface area contributed by atoms with E-state index in [0.29, 0.717) is 0 Å². The molecule has 0 aliphatic heterocycles. The summed E-state index contributed by atoms with van der Waals surface area (Å²) >= 11 is 0. The van der Waals surface area contributed by atoms with Gasteiger partial charge < -0.3 is 0 Å². The molecule has 0 saturated heterocycles. The molecule has 0 aromatic rings. The van der Waals surface area contributed by atoms with Crippen molar-refractivity contribution in [2.24, 2.45) is 5.92 Å². The fourth-order valence-electron chi connectivity index (χ4n) is 0.838. The Bertz CT molecular complexity index is 194. The summed E-state index contributed by atoms with van der Waals surface area (Å²) in [6.45, 7) is 0. The monoisotopic (exact) mass is 174 g/mol. The first-order valence-corrected chi connectivity index (χ1v) is 2.74. The molecule has 1 rings (SSSR count). The Morgan fingerprint density at radius 1 is 1.36 bits per heavy atom. The second-order valence-corrected chi connectivity index (χ2v) is 2.37. The van der Waals surface area contributed by atoms with Gasteiger partial charge >= 0.3 is 12.1 Å². The molecule has 0 N–H and O–H groups in total. The number of alkyl halides is 5. The molecule has 1 saturated carbocycles. The fourth-order valence-corrected chi connectivity index (χ4v) is 0.838. The second-order valence-electron chi connectivity index (χ2n) is 2.37. The fraction of sp³-hybridized carbons (Fsp3) is 0.800. The predicted octanol–water partition coefficient (Wildman–Crippen LogP) is 1.77. The molecule has 0 aromatic carbocycles. The van der Waals surface area contributed by atoms with Crippen LogP contribution in [0.4, 0.5) is 22.0 Å². The average Bonchev–Trinajstić information content (AvgIpc) is 1.80. The molecule has 1 aliphatic carbocycles. The SMILES string of the molecule is O=C1C(C(F)(F)F)CC1(F)F. The molecule has 1 aliphatic rings. The summed E-state index contributed by atoms with van der Waals surface area (Å²) < 4.78 is 58.3. The Balaban J connectivity index is 2.67. The zero-order chi connectivity index (χ0) is 8.86. The van der Waals surface area contributed by atoms with Crippen molar-refractivity contribution < 1.29 is 26.7 Å². The maximum Gasteiger partial charge on any atom is 0.399 e. The van der Waals surface area contributed by atoms with Gasteiger partial charge in [0.05, 0.1) is 0 Å². The van der Waals surface area contributed by atoms with E-state index in [2.05, 4.69) is 0 Å². The van der Waals surface area contributed by atoms with Crippen LogP contribution in [-0.2, 0) is 4.79 Å². The molecule has 0 radical (unpaired) electrons. The van der Waals surface area contributed by atoms with Crippen LogP contribution in [0.2, 0.25) is 0 Å². The minimum Gasteiger partial charge on any atom is -0.292 e. The predicted molar refractivity (Wildman–Crippen MR) is 24.1 cm³/mol. The van der Waals surface area contributed by atoms with Crippen molar-refractivity contribution in [3.63, 3.8) is 0 Å². The van der Waals surface area contributed by atoms with Gasteiger partial charge in [-0.1, -0.05) is 0 Å². The van der Waals surface area contributed by atoms with E-state index in [9.17, 15) is 26.7 Å². The summed E-state index contributed by atoms with van der Waals surface area (Å²) in [5.41, 5.74) is 0. The van der Waals surface area contributed by atoms with E-state index in [1.807, 2.05) is 0 Å². The Labute approximate surface area is 58.2 Å². The Hall–Kier alpha value is -0.680. The van der Waals surface area contributed by atoms with Crippen LogP contribution in [0.1, 0.15) is 6.42 Å². The summed E-state index contributed by atoms with van der Waals surface area (Å²) in [6.07, 6.45) is -6.20. The minimum absolute atomic E-state index is 1.39. The van der Waals surface area contributed by atoms with E-state index in [1.165, 1.54) is 0 Å². The molecule has 0 spiro atoms. The van der Waals surface area contributed by atoms with Crippen LogP contribution in [0.25, 0.3) is 0 Å². The van der Waals surface area contributed by atoms with Crippen molar-refractivity contribution in [1.29, 1.82) is 0 Å². The van der Waals surface area contributed by atoms with Crippen molar-refractivity contribution in [3.8, 4) is 0 Å². The number of ketones is 1. The summed E-state index contributed by atoms with van der Waals surface area (Å²) in [5.74, 6) is -8.21. The maximum atomic E-state index is 11.9. The highest BCUT2D eigenvalue weighted by Gasteiger charge is 2.65. The summed E-state index contributed by atoms with van der Waals surface area (Å²) in [4.78, 5) is 10.1. The molecule has 1 unspecified atom stereocenters. The first kappa shape index (κ1) is 8.42. The van der Waals surface area contributed by atoms with Crippen LogP contribution in [0, 0.1) is 5.92 Å². The molecular formula is C5H3F5O. The smallest absolute Gasteiger partial charge is 0.292 e. The maximum absolute atomic E-state index is 11.9. The zero-order valence-corrected chi connectivity index (χ0v) is 5.08. The third-order valence-corrected chi connectivity index (χ3v) is 1.53. The second kappa shape index (κ2) is 1.92. The van der Waals surface area contributed by atoms with Gasteiger partial charge in [-0.3, -0.25) is 4.79 Å². The van der Waals surface area contributed by atoms with E-state index < -0.39 is 30.2 Å². The number of hydrogen-bond acceptors (Lipinski definition) is 1. The Kier molecular flexibility index (Phi) is 1.47. The normalized spacial score (nSPS) is 29.9. The van der Waals surface area contributed by atoms with E-state index in [-0.39, 0.29) is 0 Å². The van der Waals surface area contributed by atoms with Crippen LogP contribution in [0.3, 0.4) is 0 Å². The van der Waals surface area contributed by atoms with Crippen molar-refractivity contribution in [3.05, 3.63) is 0 Å². The first-order valence-electron chi connectivity index (χ1n) is 2.74. The Morgan fingerprint density at radius 3 is 1.91 bits per heavy atom. The molecule has 0 bridgehead atoms. The van der Waals surface area contributed by atoms with Gasteiger partial charge in [0.2, 0.25) is 5.78 Å². The highest BCUT2D eigenvalue weighted by Crippen LogP contribution is 2.46. The Morgan fingerprint density at radius 2 is 1.82 bits per heavy atom. The van der Waals surface area contributed by atoms with Gasteiger partial charge in [-0.15, -0.1) is 0 Å². The molecule has 1 fully saturated rings. The van der Waals surface area contributed by atoms with Crippen molar-refractivity contribution in [2.75, 3.05) is 0 Å². The van der Waals surface area contributed by atoms with Crippen molar-refractivity contribution in [1.82, 2.24) is 0 Å². The largest absolute Gasteiger partial charge is 0.399 e. The number of carbonyl (C=O) groups is 1. The lowest BCUT2D eigenvalue weighted by atomic mass is 9.79. The van der Waals surface area contributed by atoms with Crippen LogP contribution in [0.15, 0.2) is 0 Å². The van der Waals surface area contributed by atoms with E-state index in [0.717, 1.165) is 0 Å². The lowest BCUT2D eigenvalue weighted by molar-refractivity contribution is -0.232. The van der Waals surface area contributed by atoms with Crippen molar-refractivity contribution >= 4 is 5.78 Å². The number of hydrogen-bond donors (Lipinski definition) is 0.